The summed E-state index contributed by atoms with van der Waals surface area (Å²) in [6, 6.07) is 6.35. The molecule has 110 valence electrons. The largest absolute Gasteiger partial charge is 0.468 e. The summed E-state index contributed by atoms with van der Waals surface area (Å²) in [5, 5.41) is 0. The van der Waals surface area contributed by atoms with Crippen molar-refractivity contribution in [3.05, 3.63) is 30.1 Å². The number of hydrogen-bond donors (Lipinski definition) is 0. The van der Waals surface area contributed by atoms with E-state index in [9.17, 15) is 9.18 Å². The zero-order chi connectivity index (χ0) is 14.4. The Balaban J connectivity index is 1.85. The van der Waals surface area contributed by atoms with E-state index in [4.69, 9.17) is 9.47 Å². The molecule has 2 rings (SSSR count). The van der Waals surface area contributed by atoms with Crippen LogP contribution < -0.4 is 0 Å². The number of carbonyl (C=O) groups excluding carboxylic acids is 1. The molecule has 20 heavy (non-hydrogen) atoms. The fourth-order valence-corrected chi connectivity index (χ4v) is 3.02. The number of carbonyl (C=O) groups is 1. The molecule has 0 N–H and O–H groups in total. The van der Waals surface area contributed by atoms with Crippen molar-refractivity contribution < 1.29 is 18.7 Å². The number of benzene rings is 1. The second-order valence-corrected chi connectivity index (χ2v) is 5.57. The third-order valence-corrected chi connectivity index (χ3v) is 4.21. The number of morpholine rings is 1. The van der Waals surface area contributed by atoms with Gasteiger partial charge in [-0.05, 0) is 12.1 Å². The number of ether oxygens (including phenoxy) is 2. The van der Waals surface area contributed by atoms with Crippen molar-refractivity contribution in [1.82, 2.24) is 4.90 Å². The van der Waals surface area contributed by atoms with Gasteiger partial charge in [-0.2, -0.15) is 0 Å². The Morgan fingerprint density at radius 2 is 2.35 bits per heavy atom. The molecule has 6 heteroatoms. The number of rotatable bonds is 5. The third-order valence-electron chi connectivity index (χ3n) is 3.19. The van der Waals surface area contributed by atoms with Crippen LogP contribution in [0, 0.1) is 5.82 Å². The smallest absolute Gasteiger partial charge is 0.325 e. The van der Waals surface area contributed by atoms with E-state index in [0.717, 1.165) is 0 Å². The van der Waals surface area contributed by atoms with Gasteiger partial charge in [0.05, 0.1) is 20.3 Å². The SMILES string of the molecule is COC(=O)C1COCCN1CCSc1ccccc1F. The van der Waals surface area contributed by atoms with E-state index < -0.39 is 0 Å². The van der Waals surface area contributed by atoms with Gasteiger partial charge in [0.15, 0.2) is 0 Å². The summed E-state index contributed by atoms with van der Waals surface area (Å²) >= 11 is 1.45. The molecule has 1 aromatic carbocycles. The quantitative estimate of drug-likeness (QED) is 0.612. The van der Waals surface area contributed by atoms with Crippen molar-refractivity contribution >= 4 is 17.7 Å². The highest BCUT2D eigenvalue weighted by Crippen LogP contribution is 2.21. The first-order chi connectivity index (χ1) is 9.72. The lowest BCUT2D eigenvalue weighted by atomic mass is 10.2. The molecule has 0 aromatic heterocycles. The molecule has 0 amide bonds. The zero-order valence-corrected chi connectivity index (χ0v) is 12.2. The molecule has 1 heterocycles. The van der Waals surface area contributed by atoms with E-state index in [2.05, 4.69) is 0 Å². The number of thioether (sulfide) groups is 1. The number of halogens is 1. The fraction of sp³-hybridized carbons (Fsp3) is 0.500. The van der Waals surface area contributed by atoms with Gasteiger partial charge in [-0.15, -0.1) is 11.8 Å². The first kappa shape index (κ1) is 15.3. The van der Waals surface area contributed by atoms with Crippen LogP contribution >= 0.6 is 11.8 Å². The Kier molecular flexibility index (Phi) is 5.82. The number of nitrogens with zero attached hydrogens (tertiary/aromatic N) is 1. The molecule has 0 spiro atoms. The van der Waals surface area contributed by atoms with Crippen LogP contribution in [-0.2, 0) is 14.3 Å². The van der Waals surface area contributed by atoms with Crippen LogP contribution in [0.4, 0.5) is 4.39 Å². The maximum Gasteiger partial charge on any atom is 0.325 e. The summed E-state index contributed by atoms with van der Waals surface area (Å²) in [6.45, 7) is 2.36. The topological polar surface area (TPSA) is 38.8 Å². The van der Waals surface area contributed by atoms with Gasteiger partial charge in [-0.1, -0.05) is 12.1 Å². The van der Waals surface area contributed by atoms with Crippen LogP contribution in [0.1, 0.15) is 0 Å². The predicted molar refractivity (Wildman–Crippen MR) is 75.3 cm³/mol. The molecule has 1 aliphatic rings. The maximum atomic E-state index is 13.5. The summed E-state index contributed by atoms with van der Waals surface area (Å²) < 4.78 is 23.6. The van der Waals surface area contributed by atoms with Crippen molar-refractivity contribution in [1.29, 1.82) is 0 Å². The Morgan fingerprint density at radius 1 is 1.55 bits per heavy atom. The van der Waals surface area contributed by atoms with Gasteiger partial charge in [0.1, 0.15) is 11.9 Å². The molecule has 1 saturated heterocycles. The molecule has 1 aromatic rings. The lowest BCUT2D eigenvalue weighted by Gasteiger charge is -2.33. The third kappa shape index (κ3) is 3.94. The van der Waals surface area contributed by atoms with E-state index in [1.807, 2.05) is 11.0 Å². The Morgan fingerprint density at radius 3 is 3.10 bits per heavy atom. The molecule has 4 nitrogen and oxygen atoms in total. The Bertz CT molecular complexity index is 458. The minimum Gasteiger partial charge on any atom is -0.468 e. The lowest BCUT2D eigenvalue weighted by molar-refractivity contribution is -0.153. The highest BCUT2D eigenvalue weighted by molar-refractivity contribution is 7.99. The van der Waals surface area contributed by atoms with Crippen molar-refractivity contribution in [3.63, 3.8) is 0 Å². The van der Waals surface area contributed by atoms with Crippen molar-refractivity contribution in [2.24, 2.45) is 0 Å². The average molecular weight is 299 g/mol. The number of methoxy groups -OCH3 is 1. The second-order valence-electron chi connectivity index (χ2n) is 4.43. The molecular formula is C14H18FNO3S. The first-order valence-corrected chi connectivity index (χ1v) is 7.48. The number of hydrogen-bond acceptors (Lipinski definition) is 5. The molecular weight excluding hydrogens is 281 g/mol. The van der Waals surface area contributed by atoms with Gasteiger partial charge < -0.3 is 9.47 Å². The van der Waals surface area contributed by atoms with Crippen LogP contribution in [0.3, 0.4) is 0 Å². The molecule has 1 fully saturated rings. The number of esters is 1. The second kappa shape index (κ2) is 7.61. The van der Waals surface area contributed by atoms with Gasteiger partial charge in [0, 0.05) is 23.7 Å². The van der Waals surface area contributed by atoms with Gasteiger partial charge in [0.2, 0.25) is 0 Å². The van der Waals surface area contributed by atoms with Crippen molar-refractivity contribution in [2.75, 3.05) is 39.2 Å². The van der Waals surface area contributed by atoms with Gasteiger partial charge in [0.25, 0.3) is 0 Å². The van der Waals surface area contributed by atoms with Gasteiger partial charge >= 0.3 is 5.97 Å². The van der Waals surface area contributed by atoms with Crippen LogP contribution in [-0.4, -0.2) is 56.1 Å². The maximum absolute atomic E-state index is 13.5. The normalized spacial score (nSPS) is 19.8. The van der Waals surface area contributed by atoms with Crippen LogP contribution in [0.25, 0.3) is 0 Å². The lowest BCUT2D eigenvalue weighted by Crippen LogP contribution is -2.51. The van der Waals surface area contributed by atoms with E-state index in [0.29, 0.717) is 37.0 Å². The van der Waals surface area contributed by atoms with Crippen molar-refractivity contribution in [2.45, 2.75) is 10.9 Å². The Labute approximate surface area is 122 Å². The zero-order valence-electron chi connectivity index (χ0n) is 11.4. The van der Waals surface area contributed by atoms with Gasteiger partial charge in [-0.25, -0.2) is 4.39 Å². The Hall–Kier alpha value is -1.11. The molecule has 1 aliphatic heterocycles. The summed E-state index contributed by atoms with van der Waals surface area (Å²) in [7, 11) is 1.38. The minimum absolute atomic E-state index is 0.205. The minimum atomic E-state index is -0.352. The summed E-state index contributed by atoms with van der Waals surface area (Å²) in [4.78, 5) is 14.3. The molecule has 0 saturated carbocycles. The van der Waals surface area contributed by atoms with E-state index in [1.165, 1.54) is 24.9 Å². The van der Waals surface area contributed by atoms with Crippen molar-refractivity contribution in [3.8, 4) is 0 Å². The standard InChI is InChI=1S/C14H18FNO3S/c1-18-14(17)12-10-19-8-6-16(12)7-9-20-13-5-3-2-4-11(13)15/h2-5,12H,6-10H2,1H3. The molecule has 0 aliphatic carbocycles. The van der Waals surface area contributed by atoms with Crippen LogP contribution in [0.15, 0.2) is 29.2 Å². The highest BCUT2D eigenvalue weighted by Gasteiger charge is 2.29. The van der Waals surface area contributed by atoms with E-state index in [-0.39, 0.29) is 17.8 Å². The first-order valence-electron chi connectivity index (χ1n) is 6.49. The van der Waals surface area contributed by atoms with Crippen LogP contribution in [0.2, 0.25) is 0 Å². The predicted octanol–water partition coefficient (Wildman–Crippen LogP) is 1.79. The summed E-state index contributed by atoms with van der Waals surface area (Å²) in [5.41, 5.74) is 0. The molecule has 1 atom stereocenters. The fourth-order valence-electron chi connectivity index (χ4n) is 2.09. The van der Waals surface area contributed by atoms with E-state index >= 15 is 0 Å². The summed E-state index contributed by atoms with van der Waals surface area (Å²) in [6.07, 6.45) is 0. The highest BCUT2D eigenvalue weighted by atomic mass is 32.2. The van der Waals surface area contributed by atoms with E-state index in [1.54, 1.807) is 12.1 Å². The monoisotopic (exact) mass is 299 g/mol. The van der Waals surface area contributed by atoms with Gasteiger partial charge in [-0.3, -0.25) is 9.69 Å². The molecule has 1 unspecified atom stereocenters. The molecule has 0 bridgehead atoms. The average Bonchev–Trinajstić information content (AvgIpc) is 2.49. The summed E-state index contributed by atoms with van der Waals surface area (Å²) in [5.74, 6) is 0.235. The van der Waals surface area contributed by atoms with Crippen LogP contribution in [0.5, 0.6) is 0 Å². The molecule has 0 radical (unpaired) electrons.